The van der Waals surface area contributed by atoms with E-state index < -0.39 is 17.5 Å². The Bertz CT molecular complexity index is 1180. The zero-order valence-corrected chi connectivity index (χ0v) is 17.3. The van der Waals surface area contributed by atoms with Gasteiger partial charge in [0.15, 0.2) is 0 Å². The number of esters is 1. The smallest absolute Gasteiger partial charge is 0.360 e. The maximum atomic E-state index is 12.5. The number of nitrogen functional groups attached to an aromatic ring is 1. The number of amides is 1. The van der Waals surface area contributed by atoms with Crippen LogP contribution in [0.25, 0.3) is 12.2 Å². The first-order valence-corrected chi connectivity index (χ1v) is 9.72. The Kier molecular flexibility index (Phi) is 6.89. The van der Waals surface area contributed by atoms with E-state index in [4.69, 9.17) is 26.5 Å². The molecule has 158 valence electrons. The van der Waals surface area contributed by atoms with Crippen molar-refractivity contribution in [1.82, 2.24) is 0 Å². The molecule has 31 heavy (non-hydrogen) atoms. The minimum Gasteiger partial charge on any atom is -0.462 e. The van der Waals surface area contributed by atoms with Gasteiger partial charge in [0.05, 0.1) is 6.61 Å². The molecule has 3 rings (SSSR count). The van der Waals surface area contributed by atoms with E-state index in [1.807, 2.05) is 0 Å². The highest BCUT2D eigenvalue weighted by Gasteiger charge is 2.19. The van der Waals surface area contributed by atoms with Crippen molar-refractivity contribution in [3.8, 4) is 0 Å². The van der Waals surface area contributed by atoms with E-state index >= 15 is 0 Å². The van der Waals surface area contributed by atoms with Crippen LogP contribution in [-0.2, 0) is 4.74 Å². The average Bonchev–Trinajstić information content (AvgIpc) is 2.75. The van der Waals surface area contributed by atoms with Gasteiger partial charge in [-0.1, -0.05) is 35.9 Å². The standard InChI is InChI=1S/C23H19ClN2O5/c1-2-30-22(28)16-13-19(26-21(27)14-7-4-3-5-8-14)23(29)31-20(16)12-11-15-17(24)9-6-10-18(15)25/h3-13H,2,25H2,1H3,(H,26,27)/b12-11+. The summed E-state index contributed by atoms with van der Waals surface area (Å²) in [7, 11) is 0. The third-order valence-corrected chi connectivity index (χ3v) is 4.57. The number of anilines is 2. The number of nitrogens with two attached hydrogens (primary N) is 1. The van der Waals surface area contributed by atoms with Crippen LogP contribution in [0.3, 0.4) is 0 Å². The Labute approximate surface area is 183 Å². The van der Waals surface area contributed by atoms with E-state index in [0.29, 0.717) is 21.8 Å². The third-order valence-electron chi connectivity index (χ3n) is 4.24. The Morgan fingerprint density at radius 1 is 1.13 bits per heavy atom. The highest BCUT2D eigenvalue weighted by molar-refractivity contribution is 6.32. The first-order valence-electron chi connectivity index (χ1n) is 9.34. The minimum absolute atomic E-state index is 0.0355. The summed E-state index contributed by atoms with van der Waals surface area (Å²) >= 11 is 6.16. The molecule has 2 aromatic carbocycles. The van der Waals surface area contributed by atoms with Crippen LogP contribution in [0.5, 0.6) is 0 Å². The van der Waals surface area contributed by atoms with Gasteiger partial charge in [-0.3, -0.25) is 4.79 Å². The van der Waals surface area contributed by atoms with Gasteiger partial charge in [-0.05, 0) is 49.4 Å². The molecule has 0 aliphatic rings. The zero-order valence-electron chi connectivity index (χ0n) is 16.6. The van der Waals surface area contributed by atoms with Gasteiger partial charge >= 0.3 is 11.6 Å². The van der Waals surface area contributed by atoms with Crippen LogP contribution in [0, 0.1) is 0 Å². The van der Waals surface area contributed by atoms with E-state index in [1.165, 1.54) is 18.2 Å². The maximum absolute atomic E-state index is 12.5. The number of hydrogen-bond acceptors (Lipinski definition) is 6. The van der Waals surface area contributed by atoms with Crippen molar-refractivity contribution < 1.29 is 18.7 Å². The molecule has 3 aromatic rings. The van der Waals surface area contributed by atoms with Crippen molar-refractivity contribution in [1.29, 1.82) is 0 Å². The lowest BCUT2D eigenvalue weighted by Gasteiger charge is -2.09. The Morgan fingerprint density at radius 3 is 2.55 bits per heavy atom. The number of carbonyl (C=O) groups is 2. The predicted molar refractivity (Wildman–Crippen MR) is 120 cm³/mol. The number of nitrogens with one attached hydrogen (secondary N) is 1. The SMILES string of the molecule is CCOC(=O)c1cc(NC(=O)c2ccccc2)c(=O)oc1/C=C/c1c(N)cccc1Cl. The monoisotopic (exact) mass is 438 g/mol. The Morgan fingerprint density at radius 2 is 1.87 bits per heavy atom. The highest BCUT2D eigenvalue weighted by Crippen LogP contribution is 2.25. The molecule has 0 bridgehead atoms. The largest absolute Gasteiger partial charge is 0.462 e. The van der Waals surface area contributed by atoms with Crippen molar-refractivity contribution in [2.24, 2.45) is 0 Å². The summed E-state index contributed by atoms with van der Waals surface area (Å²) in [5.74, 6) is -1.29. The normalized spacial score (nSPS) is 10.8. The fourth-order valence-corrected chi connectivity index (χ4v) is 2.98. The number of rotatable bonds is 6. The molecule has 1 aromatic heterocycles. The lowest BCUT2D eigenvalue weighted by molar-refractivity contribution is 0.0522. The van der Waals surface area contributed by atoms with Crippen LogP contribution in [0.2, 0.25) is 5.02 Å². The van der Waals surface area contributed by atoms with Crippen LogP contribution < -0.4 is 16.7 Å². The molecule has 0 aliphatic carbocycles. The molecule has 3 N–H and O–H groups in total. The molecule has 0 saturated carbocycles. The number of ether oxygens (including phenoxy) is 1. The van der Waals surface area contributed by atoms with Crippen molar-refractivity contribution in [2.45, 2.75) is 6.92 Å². The van der Waals surface area contributed by atoms with Crippen LogP contribution >= 0.6 is 11.6 Å². The van der Waals surface area contributed by atoms with Gasteiger partial charge in [-0.25, -0.2) is 9.59 Å². The first-order chi connectivity index (χ1) is 14.9. The quantitative estimate of drug-likeness (QED) is 0.433. The molecule has 0 spiro atoms. The second-order valence-corrected chi connectivity index (χ2v) is 6.75. The molecule has 0 radical (unpaired) electrons. The van der Waals surface area contributed by atoms with E-state index in [1.54, 1.807) is 55.5 Å². The van der Waals surface area contributed by atoms with Crippen LogP contribution in [0.4, 0.5) is 11.4 Å². The first kappa shape index (κ1) is 21.9. The molecule has 0 saturated heterocycles. The van der Waals surface area contributed by atoms with E-state index in [2.05, 4.69) is 5.32 Å². The van der Waals surface area contributed by atoms with E-state index in [-0.39, 0.29) is 23.6 Å². The summed E-state index contributed by atoms with van der Waals surface area (Å²) in [5.41, 5.74) is 6.13. The van der Waals surface area contributed by atoms with Crippen molar-refractivity contribution in [3.05, 3.63) is 92.5 Å². The lowest BCUT2D eigenvalue weighted by Crippen LogP contribution is -2.20. The number of benzene rings is 2. The number of halogens is 1. The number of hydrogen-bond donors (Lipinski definition) is 2. The summed E-state index contributed by atoms with van der Waals surface area (Å²) in [5, 5.41) is 2.86. The summed E-state index contributed by atoms with van der Waals surface area (Å²) in [6, 6.07) is 14.6. The summed E-state index contributed by atoms with van der Waals surface area (Å²) in [6.07, 6.45) is 2.93. The molecular formula is C23H19ClN2O5. The van der Waals surface area contributed by atoms with Gasteiger partial charge in [0.25, 0.3) is 5.91 Å². The van der Waals surface area contributed by atoms with Crippen molar-refractivity contribution >= 4 is 47.0 Å². The van der Waals surface area contributed by atoms with E-state index in [0.717, 1.165) is 0 Å². The molecule has 1 amide bonds. The van der Waals surface area contributed by atoms with Gasteiger partial charge in [0.1, 0.15) is 17.0 Å². The van der Waals surface area contributed by atoms with Crippen LogP contribution in [-0.4, -0.2) is 18.5 Å². The van der Waals surface area contributed by atoms with Crippen LogP contribution in [0.15, 0.2) is 63.8 Å². The van der Waals surface area contributed by atoms with Gasteiger partial charge in [-0.2, -0.15) is 0 Å². The molecule has 0 atom stereocenters. The highest BCUT2D eigenvalue weighted by atomic mass is 35.5. The van der Waals surface area contributed by atoms with E-state index in [9.17, 15) is 14.4 Å². The minimum atomic E-state index is -0.830. The van der Waals surface area contributed by atoms with Crippen LogP contribution in [0.1, 0.15) is 39.0 Å². The van der Waals surface area contributed by atoms with Crippen molar-refractivity contribution in [2.75, 3.05) is 17.7 Å². The van der Waals surface area contributed by atoms with Gasteiger partial charge in [-0.15, -0.1) is 0 Å². The third kappa shape index (κ3) is 5.21. The molecular weight excluding hydrogens is 420 g/mol. The maximum Gasteiger partial charge on any atom is 0.360 e. The molecule has 8 heteroatoms. The molecule has 0 fully saturated rings. The second-order valence-electron chi connectivity index (χ2n) is 6.34. The zero-order chi connectivity index (χ0) is 22.4. The second kappa shape index (κ2) is 9.77. The molecule has 0 unspecified atom stereocenters. The molecule has 7 nitrogen and oxygen atoms in total. The topological polar surface area (TPSA) is 112 Å². The van der Waals surface area contributed by atoms with Gasteiger partial charge in [0, 0.05) is 21.8 Å². The summed E-state index contributed by atoms with van der Waals surface area (Å²) in [6.45, 7) is 1.76. The fraction of sp³-hybridized carbons (Fsp3) is 0.0870. The van der Waals surface area contributed by atoms with Gasteiger partial charge < -0.3 is 20.2 Å². The average molecular weight is 439 g/mol. The lowest BCUT2D eigenvalue weighted by atomic mass is 10.1. The Hall–Kier alpha value is -3.84. The van der Waals surface area contributed by atoms with Gasteiger partial charge in [0.2, 0.25) is 0 Å². The summed E-state index contributed by atoms with van der Waals surface area (Å²) in [4.78, 5) is 37.3. The summed E-state index contributed by atoms with van der Waals surface area (Å²) < 4.78 is 10.4. The fourth-order valence-electron chi connectivity index (χ4n) is 2.74. The predicted octanol–water partition coefficient (Wildman–Crippen LogP) is 4.47. The molecule has 1 heterocycles. The van der Waals surface area contributed by atoms with Crippen molar-refractivity contribution in [3.63, 3.8) is 0 Å². The number of carbonyl (C=O) groups excluding carboxylic acids is 2. The molecule has 0 aliphatic heterocycles. The Balaban J connectivity index is 2.01.